The molecule has 0 saturated heterocycles. The minimum Gasteiger partial charge on any atom is -0.467 e. The number of hydrogen-bond acceptors (Lipinski definition) is 4. The number of ketones is 1. The zero-order chi connectivity index (χ0) is 15.4. The van der Waals surface area contributed by atoms with E-state index in [0.29, 0.717) is 6.42 Å². The molecule has 2 aliphatic rings. The van der Waals surface area contributed by atoms with E-state index in [0.717, 1.165) is 46.9 Å². The maximum atomic E-state index is 12.6. The molecule has 1 aromatic carbocycles. The molecular weight excluding hydrogens is 290 g/mol. The van der Waals surface area contributed by atoms with Gasteiger partial charge >= 0.3 is 0 Å². The van der Waals surface area contributed by atoms with Gasteiger partial charge in [-0.2, -0.15) is 0 Å². The molecule has 1 aliphatic heterocycles. The average molecular weight is 305 g/mol. The zero-order valence-electron chi connectivity index (χ0n) is 12.5. The van der Waals surface area contributed by atoms with Gasteiger partial charge in [-0.15, -0.1) is 0 Å². The maximum absolute atomic E-state index is 12.6. The highest BCUT2D eigenvalue weighted by Gasteiger charge is 2.37. The van der Waals surface area contributed by atoms with Crippen molar-refractivity contribution in [3.8, 4) is 0 Å². The van der Waals surface area contributed by atoms with E-state index < -0.39 is 0 Å². The lowest BCUT2D eigenvalue weighted by Crippen LogP contribution is -2.30. The summed E-state index contributed by atoms with van der Waals surface area (Å²) in [6, 6.07) is 11.5. The summed E-state index contributed by atoms with van der Waals surface area (Å²) in [5.41, 5.74) is 3.73. The molecule has 0 spiro atoms. The third kappa shape index (κ3) is 1.73. The number of nitrogens with zero attached hydrogens (tertiary/aromatic N) is 2. The molecule has 0 saturated carbocycles. The van der Waals surface area contributed by atoms with Crippen LogP contribution in [-0.2, 0) is 4.79 Å². The standard InChI is InChI=1S/C18H15N3O2/c22-14-8-3-6-12-16(14)17(15-9-4-10-23-15)21-13-7-2-1-5-11(13)19-18(21)20-12/h1-2,4-5,7,9-10,17H,3,6,8H2,(H,19,20)/t17-/m0/s1. The van der Waals surface area contributed by atoms with Crippen LogP contribution in [0.15, 0.2) is 58.3 Å². The lowest BCUT2D eigenvalue weighted by molar-refractivity contribution is -0.116. The van der Waals surface area contributed by atoms with Crippen LogP contribution in [0.3, 0.4) is 0 Å². The predicted molar refractivity (Wildman–Crippen MR) is 86.1 cm³/mol. The fraction of sp³-hybridized carbons (Fsp3) is 0.222. The molecule has 5 nitrogen and oxygen atoms in total. The number of para-hydroxylation sites is 2. The molecule has 3 aromatic rings. The van der Waals surface area contributed by atoms with Crippen LogP contribution in [-0.4, -0.2) is 15.3 Å². The minimum atomic E-state index is -0.239. The Bertz CT molecular complexity index is 950. The van der Waals surface area contributed by atoms with E-state index in [2.05, 4.69) is 9.88 Å². The van der Waals surface area contributed by atoms with Gasteiger partial charge in [-0.25, -0.2) is 4.98 Å². The molecule has 1 aliphatic carbocycles. The minimum absolute atomic E-state index is 0.198. The van der Waals surface area contributed by atoms with Crippen LogP contribution in [0.25, 0.3) is 11.0 Å². The Labute approximate surface area is 132 Å². The fourth-order valence-electron chi connectivity index (χ4n) is 3.69. The van der Waals surface area contributed by atoms with Gasteiger partial charge < -0.3 is 9.73 Å². The van der Waals surface area contributed by atoms with Gasteiger partial charge in [0.15, 0.2) is 5.78 Å². The molecule has 0 radical (unpaired) electrons. The first-order valence-corrected chi connectivity index (χ1v) is 7.86. The summed E-state index contributed by atoms with van der Waals surface area (Å²) in [6.07, 6.45) is 4.01. The van der Waals surface area contributed by atoms with Crippen molar-refractivity contribution in [2.45, 2.75) is 25.3 Å². The van der Waals surface area contributed by atoms with E-state index in [-0.39, 0.29) is 11.8 Å². The zero-order valence-corrected chi connectivity index (χ0v) is 12.5. The van der Waals surface area contributed by atoms with Gasteiger partial charge in [0.1, 0.15) is 11.8 Å². The van der Waals surface area contributed by atoms with Crippen molar-refractivity contribution in [2.24, 2.45) is 0 Å². The summed E-state index contributed by atoms with van der Waals surface area (Å²) >= 11 is 0. The lowest BCUT2D eigenvalue weighted by Gasteiger charge is -2.32. The highest BCUT2D eigenvalue weighted by Crippen LogP contribution is 2.42. The summed E-state index contributed by atoms with van der Waals surface area (Å²) in [6.45, 7) is 0. The lowest BCUT2D eigenvalue weighted by atomic mass is 9.87. The highest BCUT2D eigenvalue weighted by atomic mass is 16.3. The van der Waals surface area contributed by atoms with Crippen LogP contribution >= 0.6 is 0 Å². The van der Waals surface area contributed by atoms with Crippen LogP contribution in [0.4, 0.5) is 5.95 Å². The van der Waals surface area contributed by atoms with Crippen molar-refractivity contribution in [1.29, 1.82) is 0 Å². The topological polar surface area (TPSA) is 60.1 Å². The molecular formula is C18H15N3O2. The van der Waals surface area contributed by atoms with Crippen LogP contribution < -0.4 is 5.32 Å². The highest BCUT2D eigenvalue weighted by molar-refractivity contribution is 6.00. The number of carbonyl (C=O) groups excluding carboxylic acids is 1. The number of nitrogens with one attached hydrogen (secondary N) is 1. The molecule has 3 heterocycles. The Morgan fingerprint density at radius 2 is 2.09 bits per heavy atom. The molecule has 0 bridgehead atoms. The van der Waals surface area contributed by atoms with Crippen molar-refractivity contribution >= 4 is 22.8 Å². The first kappa shape index (κ1) is 12.7. The molecule has 1 atom stereocenters. The van der Waals surface area contributed by atoms with Gasteiger partial charge in [-0.1, -0.05) is 12.1 Å². The number of benzene rings is 1. The van der Waals surface area contributed by atoms with Crippen molar-refractivity contribution in [1.82, 2.24) is 9.55 Å². The second-order valence-electron chi connectivity index (χ2n) is 6.01. The average Bonchev–Trinajstić information content (AvgIpc) is 3.20. The van der Waals surface area contributed by atoms with Gasteiger partial charge in [0.2, 0.25) is 5.95 Å². The van der Waals surface area contributed by atoms with Gasteiger partial charge in [0.25, 0.3) is 0 Å². The summed E-state index contributed by atoms with van der Waals surface area (Å²) < 4.78 is 7.76. The largest absolute Gasteiger partial charge is 0.467 e. The number of furan rings is 1. The molecule has 114 valence electrons. The van der Waals surface area contributed by atoms with E-state index in [4.69, 9.17) is 9.40 Å². The van der Waals surface area contributed by atoms with E-state index >= 15 is 0 Å². The maximum Gasteiger partial charge on any atom is 0.209 e. The quantitative estimate of drug-likeness (QED) is 0.745. The van der Waals surface area contributed by atoms with E-state index in [9.17, 15) is 4.79 Å². The molecule has 0 unspecified atom stereocenters. The smallest absolute Gasteiger partial charge is 0.209 e. The molecule has 0 amide bonds. The fourth-order valence-corrected chi connectivity index (χ4v) is 3.69. The van der Waals surface area contributed by atoms with Crippen LogP contribution in [0.5, 0.6) is 0 Å². The van der Waals surface area contributed by atoms with Crippen molar-refractivity contribution in [3.05, 3.63) is 59.7 Å². The molecule has 5 heteroatoms. The Morgan fingerprint density at radius 3 is 2.96 bits per heavy atom. The Hall–Kier alpha value is -2.82. The van der Waals surface area contributed by atoms with E-state index in [1.54, 1.807) is 6.26 Å². The van der Waals surface area contributed by atoms with Crippen molar-refractivity contribution < 1.29 is 9.21 Å². The molecule has 1 N–H and O–H groups in total. The number of Topliss-reactive ketones (excluding diaryl/α,β-unsaturated/α-hetero) is 1. The number of allylic oxidation sites excluding steroid dienone is 2. The Morgan fingerprint density at radius 1 is 1.17 bits per heavy atom. The van der Waals surface area contributed by atoms with Crippen LogP contribution in [0, 0.1) is 0 Å². The normalized spacial score (nSPS) is 20.3. The number of carbonyl (C=O) groups is 1. The first-order chi connectivity index (χ1) is 11.3. The predicted octanol–water partition coefficient (Wildman–Crippen LogP) is 3.65. The van der Waals surface area contributed by atoms with E-state index in [1.165, 1.54) is 0 Å². The molecule has 23 heavy (non-hydrogen) atoms. The molecule has 0 fully saturated rings. The van der Waals surface area contributed by atoms with Gasteiger partial charge in [-0.3, -0.25) is 9.36 Å². The second-order valence-corrected chi connectivity index (χ2v) is 6.01. The summed E-state index contributed by atoms with van der Waals surface area (Å²) in [5.74, 6) is 1.75. The third-order valence-corrected chi connectivity index (χ3v) is 4.66. The van der Waals surface area contributed by atoms with Crippen LogP contribution in [0.1, 0.15) is 31.1 Å². The Balaban J connectivity index is 1.83. The van der Waals surface area contributed by atoms with Gasteiger partial charge in [-0.05, 0) is 37.1 Å². The summed E-state index contributed by atoms with van der Waals surface area (Å²) in [7, 11) is 0. The number of imidazole rings is 1. The number of fused-ring (bicyclic) bond motifs is 3. The van der Waals surface area contributed by atoms with Crippen molar-refractivity contribution in [2.75, 3.05) is 5.32 Å². The summed E-state index contributed by atoms with van der Waals surface area (Å²) in [4.78, 5) is 17.3. The third-order valence-electron chi connectivity index (χ3n) is 4.66. The number of anilines is 1. The van der Waals surface area contributed by atoms with Crippen LogP contribution in [0.2, 0.25) is 0 Å². The van der Waals surface area contributed by atoms with E-state index in [1.807, 2.05) is 36.4 Å². The van der Waals surface area contributed by atoms with Crippen molar-refractivity contribution in [3.63, 3.8) is 0 Å². The first-order valence-electron chi connectivity index (χ1n) is 7.86. The SMILES string of the molecule is O=C1CCCC2=C1[C@H](c1ccco1)n1c(nc3ccccc31)N2. The number of rotatable bonds is 1. The van der Waals surface area contributed by atoms with Gasteiger partial charge in [0, 0.05) is 17.7 Å². The number of hydrogen-bond donors (Lipinski definition) is 1. The van der Waals surface area contributed by atoms with Gasteiger partial charge in [0.05, 0.1) is 17.3 Å². The number of aromatic nitrogens is 2. The monoisotopic (exact) mass is 305 g/mol. The summed E-state index contributed by atoms with van der Waals surface area (Å²) in [5, 5.41) is 3.38. The Kier molecular flexibility index (Phi) is 2.53. The molecule has 2 aromatic heterocycles. The second kappa shape index (κ2) is 4.59. The molecule has 5 rings (SSSR count).